The highest BCUT2D eigenvalue weighted by Gasteiger charge is 2.41. The fourth-order valence-electron chi connectivity index (χ4n) is 6.66. The van der Waals surface area contributed by atoms with E-state index in [0.29, 0.717) is 36.7 Å². The van der Waals surface area contributed by atoms with Gasteiger partial charge in [0.15, 0.2) is 6.10 Å². The number of carbonyl (C=O) groups is 3. The fourth-order valence-corrected chi connectivity index (χ4v) is 7.40. The van der Waals surface area contributed by atoms with Crippen LogP contribution in [0.4, 0.5) is 0 Å². The van der Waals surface area contributed by atoms with Crippen LogP contribution in [0.15, 0.2) is 48.6 Å². The smallest absolute Gasteiger partial charge is 0.462 e. The van der Waals surface area contributed by atoms with Crippen molar-refractivity contribution in [2.75, 3.05) is 47.5 Å². The average molecular weight is 871 g/mol. The van der Waals surface area contributed by atoms with Gasteiger partial charge in [-0.2, -0.15) is 0 Å². The average Bonchev–Trinajstić information content (AvgIpc) is 3.44. The van der Waals surface area contributed by atoms with Crippen molar-refractivity contribution < 1.29 is 62.2 Å². The van der Waals surface area contributed by atoms with Crippen molar-refractivity contribution in [2.45, 2.75) is 167 Å². The quantitative estimate of drug-likeness (QED) is 0.0156. The molecule has 346 valence electrons. The van der Waals surface area contributed by atoms with Gasteiger partial charge < -0.3 is 34.2 Å². The SMILES string of the molecule is CCCCC/C=C\C/C=C\C/C=C\CCCCC(=O)OC[C@H](COP(=O)(O)OCC[N+](C)(C)C)OC(=O)CCCCC(=O)C[C@@H]1[C@@H](/C=C/[C@@H](O)CCCCC)[C@H](O)C[C@@H]1O. The van der Waals surface area contributed by atoms with Crippen molar-refractivity contribution in [1.29, 1.82) is 0 Å². The van der Waals surface area contributed by atoms with Crippen molar-refractivity contribution in [3.8, 4) is 0 Å². The highest BCUT2D eigenvalue weighted by molar-refractivity contribution is 7.47. The second-order valence-corrected chi connectivity index (χ2v) is 18.5. The highest BCUT2D eigenvalue weighted by Crippen LogP contribution is 2.43. The van der Waals surface area contributed by atoms with Crippen LogP contribution in [0, 0.1) is 11.8 Å². The zero-order valence-electron chi connectivity index (χ0n) is 37.5. The van der Waals surface area contributed by atoms with E-state index in [1.54, 1.807) is 12.2 Å². The number of allylic oxidation sites excluding steroid dienone is 6. The number of esters is 2. The second-order valence-electron chi connectivity index (χ2n) is 17.0. The number of ether oxygens (including phenoxy) is 2. The Morgan fingerprint density at radius 3 is 1.98 bits per heavy atom. The van der Waals surface area contributed by atoms with Gasteiger partial charge in [-0.1, -0.05) is 94.6 Å². The van der Waals surface area contributed by atoms with Gasteiger partial charge in [0.25, 0.3) is 0 Å². The minimum Gasteiger partial charge on any atom is -0.462 e. The van der Waals surface area contributed by atoms with Crippen molar-refractivity contribution >= 4 is 25.5 Å². The van der Waals surface area contributed by atoms with Gasteiger partial charge in [0, 0.05) is 43.9 Å². The first kappa shape index (κ1) is 55.5. The predicted octanol–water partition coefficient (Wildman–Crippen LogP) is 8.25. The first-order chi connectivity index (χ1) is 28.6. The van der Waals surface area contributed by atoms with Gasteiger partial charge in [0.05, 0.1) is 46.1 Å². The first-order valence-electron chi connectivity index (χ1n) is 22.5. The van der Waals surface area contributed by atoms with E-state index in [4.69, 9.17) is 18.5 Å². The molecule has 0 heterocycles. The number of unbranched alkanes of at least 4 members (excludes halogenated alkanes) is 8. The molecule has 0 radical (unpaired) electrons. The summed E-state index contributed by atoms with van der Waals surface area (Å²) in [5.41, 5.74) is 0. The number of carbonyl (C=O) groups excluding carboxylic acids is 3. The molecule has 0 aromatic carbocycles. The summed E-state index contributed by atoms with van der Waals surface area (Å²) in [7, 11) is 1.22. The molecule has 0 bridgehead atoms. The molecule has 7 atom stereocenters. The van der Waals surface area contributed by atoms with Crippen molar-refractivity contribution in [1.82, 2.24) is 0 Å². The standard InChI is InChI=1S/C46H80NO12P/c1-6-8-10-11-12-13-14-15-16-17-18-19-20-21-23-28-45(52)56-36-40(37-58-60(54,55)57-33-32-47(3,4)5)59-46(53)29-25-24-27-39(49)34-42-41(43(50)35-44(42)51)31-30-38(48)26-22-9-7-2/h12-13,15-16,18-19,30-31,38,40-44,48,50-51H,6-11,14,17,20-29,32-37H2,1-5H3/p+1/b13-12-,16-15-,19-18-,31-30+/t38-,40+,41+,42+,43+,44-/m0/s1. The molecule has 1 aliphatic rings. The van der Waals surface area contributed by atoms with Crippen LogP contribution >= 0.6 is 7.82 Å². The summed E-state index contributed by atoms with van der Waals surface area (Å²) < 4.78 is 34.1. The monoisotopic (exact) mass is 871 g/mol. The number of aliphatic hydroxyl groups excluding tert-OH is 3. The molecule has 1 aliphatic carbocycles. The summed E-state index contributed by atoms with van der Waals surface area (Å²) in [6.45, 7) is 3.78. The summed E-state index contributed by atoms with van der Waals surface area (Å²) in [5.74, 6) is -2.15. The molecule has 4 N–H and O–H groups in total. The van der Waals surface area contributed by atoms with Crippen LogP contribution in [-0.4, -0.2) is 114 Å². The van der Waals surface area contributed by atoms with E-state index in [9.17, 15) is 39.2 Å². The van der Waals surface area contributed by atoms with Crippen molar-refractivity contribution in [3.63, 3.8) is 0 Å². The van der Waals surface area contributed by atoms with E-state index < -0.39 is 62.6 Å². The van der Waals surface area contributed by atoms with Crippen LogP contribution in [0.25, 0.3) is 0 Å². The van der Waals surface area contributed by atoms with Gasteiger partial charge in [-0.15, -0.1) is 0 Å². The number of hydrogen-bond acceptors (Lipinski definition) is 11. The number of ketones is 1. The molecular formula is C46H81NO12P+. The molecule has 14 heteroatoms. The van der Waals surface area contributed by atoms with E-state index >= 15 is 0 Å². The number of phosphoric ester groups is 1. The lowest BCUT2D eigenvalue weighted by atomic mass is 9.87. The normalized spacial score (nSPS) is 20.7. The Morgan fingerprint density at radius 1 is 0.750 bits per heavy atom. The van der Waals surface area contributed by atoms with Gasteiger partial charge >= 0.3 is 19.8 Å². The number of quaternary nitrogens is 1. The van der Waals surface area contributed by atoms with Crippen LogP contribution < -0.4 is 0 Å². The van der Waals surface area contributed by atoms with E-state index in [0.717, 1.165) is 51.4 Å². The van der Waals surface area contributed by atoms with Crippen LogP contribution in [0.3, 0.4) is 0 Å². The van der Waals surface area contributed by atoms with Gasteiger partial charge in [-0.05, 0) is 64.2 Å². The maximum absolute atomic E-state index is 12.9. The molecular weight excluding hydrogens is 789 g/mol. The fraction of sp³-hybridized carbons (Fsp3) is 0.761. The predicted molar refractivity (Wildman–Crippen MR) is 236 cm³/mol. The van der Waals surface area contributed by atoms with Crippen LogP contribution in [0.2, 0.25) is 0 Å². The van der Waals surface area contributed by atoms with E-state index in [-0.39, 0.29) is 51.1 Å². The maximum atomic E-state index is 12.9. The van der Waals surface area contributed by atoms with Gasteiger partial charge in [0.2, 0.25) is 0 Å². The summed E-state index contributed by atoms with van der Waals surface area (Å²) in [5, 5.41) is 31.4. The first-order valence-corrected chi connectivity index (χ1v) is 24.0. The Morgan fingerprint density at radius 2 is 1.33 bits per heavy atom. The number of nitrogens with zero attached hydrogens (tertiary/aromatic N) is 1. The topological polar surface area (TPSA) is 186 Å². The Balaban J connectivity index is 2.57. The molecule has 0 saturated heterocycles. The minimum atomic E-state index is -4.49. The highest BCUT2D eigenvalue weighted by atomic mass is 31.2. The zero-order valence-corrected chi connectivity index (χ0v) is 38.4. The summed E-state index contributed by atoms with van der Waals surface area (Å²) in [4.78, 5) is 48.5. The molecule has 60 heavy (non-hydrogen) atoms. The summed E-state index contributed by atoms with van der Waals surface area (Å²) in [6, 6.07) is 0. The molecule has 0 aliphatic heterocycles. The second kappa shape index (κ2) is 33.1. The van der Waals surface area contributed by atoms with Crippen molar-refractivity contribution in [2.24, 2.45) is 11.8 Å². The van der Waals surface area contributed by atoms with E-state index in [2.05, 4.69) is 50.3 Å². The molecule has 1 rings (SSSR count). The number of Topliss-reactive ketones (excluding diaryl/α,β-unsaturated/α-hetero) is 1. The lowest BCUT2D eigenvalue weighted by molar-refractivity contribution is -0.870. The van der Waals surface area contributed by atoms with Crippen molar-refractivity contribution in [3.05, 3.63) is 48.6 Å². The third-order valence-electron chi connectivity index (χ3n) is 10.3. The Labute approximate surface area is 361 Å². The number of aliphatic hydroxyl groups is 3. The minimum absolute atomic E-state index is 0.0436. The molecule has 1 unspecified atom stereocenters. The zero-order chi connectivity index (χ0) is 44.7. The molecule has 0 spiro atoms. The number of rotatable bonds is 36. The number of hydrogen-bond donors (Lipinski definition) is 4. The van der Waals surface area contributed by atoms with E-state index in [1.807, 2.05) is 21.1 Å². The largest absolute Gasteiger partial charge is 0.472 e. The van der Waals surface area contributed by atoms with Gasteiger partial charge in [0.1, 0.15) is 25.5 Å². The molecule has 1 fully saturated rings. The van der Waals surface area contributed by atoms with Crippen LogP contribution in [0.1, 0.15) is 142 Å². The van der Waals surface area contributed by atoms with Crippen LogP contribution in [0.5, 0.6) is 0 Å². The molecule has 1 saturated carbocycles. The molecule has 0 amide bonds. The number of likely N-dealkylation sites (N-methyl/N-ethyl adjacent to an activating group) is 1. The van der Waals surface area contributed by atoms with E-state index in [1.165, 1.54) is 19.3 Å². The third-order valence-corrected chi connectivity index (χ3v) is 11.3. The Hall–Kier alpha value is -2.48. The lowest BCUT2D eigenvalue weighted by Gasteiger charge is -2.24. The Kier molecular flexibility index (Phi) is 30.7. The van der Waals surface area contributed by atoms with Gasteiger partial charge in [-0.3, -0.25) is 23.4 Å². The maximum Gasteiger partial charge on any atom is 0.472 e. The Bertz CT molecular complexity index is 1340. The van der Waals surface area contributed by atoms with Crippen LogP contribution in [-0.2, 0) is 37.5 Å². The molecule has 13 nitrogen and oxygen atoms in total. The van der Waals surface area contributed by atoms with Gasteiger partial charge in [-0.25, -0.2) is 4.57 Å². The lowest BCUT2D eigenvalue weighted by Crippen LogP contribution is -2.37. The number of phosphoric acid groups is 1. The molecule has 0 aromatic rings. The third kappa shape index (κ3) is 29.7. The summed E-state index contributed by atoms with van der Waals surface area (Å²) in [6.07, 6.45) is 26.5. The summed E-state index contributed by atoms with van der Waals surface area (Å²) >= 11 is 0. The molecule has 0 aromatic heterocycles.